The number of benzene rings is 2. The summed E-state index contributed by atoms with van der Waals surface area (Å²) in [6, 6.07) is 9.36. The third kappa shape index (κ3) is 3.59. The molecule has 9 heteroatoms. The summed E-state index contributed by atoms with van der Waals surface area (Å²) < 4.78 is 34.7. The van der Waals surface area contributed by atoms with E-state index in [0.29, 0.717) is 23.0 Å². The van der Waals surface area contributed by atoms with Crippen molar-refractivity contribution in [3.63, 3.8) is 0 Å². The molecule has 2 heterocycles. The molecule has 3 aromatic rings. The molecule has 2 aromatic carbocycles. The Kier molecular flexibility index (Phi) is 4.68. The van der Waals surface area contributed by atoms with E-state index in [1.807, 2.05) is 0 Å². The summed E-state index contributed by atoms with van der Waals surface area (Å²) in [7, 11) is 1.36. The lowest BCUT2D eigenvalue weighted by atomic mass is 10.1. The van der Waals surface area contributed by atoms with Gasteiger partial charge in [-0.3, -0.25) is 4.79 Å². The molecular formula is C18H13FN2O5S. The van der Waals surface area contributed by atoms with Crippen molar-refractivity contribution in [1.82, 2.24) is 10.2 Å². The van der Waals surface area contributed by atoms with Crippen LogP contribution in [-0.4, -0.2) is 35.6 Å². The molecule has 0 saturated carbocycles. The van der Waals surface area contributed by atoms with Crippen LogP contribution in [0.25, 0.3) is 11.5 Å². The fraction of sp³-hybridized carbons (Fsp3) is 0.167. The van der Waals surface area contributed by atoms with Crippen LogP contribution in [0.2, 0.25) is 0 Å². The van der Waals surface area contributed by atoms with Crippen molar-refractivity contribution in [2.24, 2.45) is 0 Å². The molecule has 0 aliphatic carbocycles. The van der Waals surface area contributed by atoms with Gasteiger partial charge in [-0.15, -0.1) is 10.2 Å². The molecule has 0 atom stereocenters. The number of hydrogen-bond donors (Lipinski definition) is 0. The SMILES string of the molecule is COc1ccc(C(=O)CSc2nnc(-c3ccc4c(c3)OCO4)o2)cc1F. The molecule has 0 bridgehead atoms. The third-order valence-electron chi connectivity index (χ3n) is 3.83. The monoisotopic (exact) mass is 388 g/mol. The van der Waals surface area contributed by atoms with E-state index >= 15 is 0 Å². The van der Waals surface area contributed by atoms with E-state index in [4.69, 9.17) is 18.6 Å². The zero-order chi connectivity index (χ0) is 18.8. The normalized spacial score (nSPS) is 12.2. The molecule has 0 saturated heterocycles. The largest absolute Gasteiger partial charge is 0.494 e. The Balaban J connectivity index is 1.42. The minimum Gasteiger partial charge on any atom is -0.494 e. The van der Waals surface area contributed by atoms with Gasteiger partial charge in [0.25, 0.3) is 5.22 Å². The standard InChI is InChI=1S/C18H13FN2O5S/c1-23-14-4-2-10(6-12(14)19)13(22)8-27-18-21-20-17(26-18)11-3-5-15-16(7-11)25-9-24-15/h2-7H,8-9H2,1H3. The van der Waals surface area contributed by atoms with Crippen LogP contribution in [0, 0.1) is 5.82 Å². The second-order valence-corrected chi connectivity index (χ2v) is 6.43. The number of aromatic nitrogens is 2. The van der Waals surface area contributed by atoms with Gasteiger partial charge in [0.15, 0.2) is 28.8 Å². The minimum absolute atomic E-state index is 0.0363. The van der Waals surface area contributed by atoms with Crippen molar-refractivity contribution in [3.05, 3.63) is 47.8 Å². The molecule has 0 unspecified atom stereocenters. The minimum atomic E-state index is -0.587. The summed E-state index contributed by atoms with van der Waals surface area (Å²) in [6.45, 7) is 0.178. The van der Waals surface area contributed by atoms with Crippen molar-refractivity contribution in [3.8, 4) is 28.7 Å². The Labute approximate surface area is 157 Å². The van der Waals surface area contributed by atoms with Gasteiger partial charge >= 0.3 is 0 Å². The Hall–Kier alpha value is -3.07. The first-order valence-corrected chi connectivity index (χ1v) is 8.85. The summed E-state index contributed by atoms with van der Waals surface area (Å²) in [5.74, 6) is 0.847. The van der Waals surface area contributed by atoms with Crippen molar-refractivity contribution in [1.29, 1.82) is 0 Å². The third-order valence-corrected chi connectivity index (χ3v) is 4.64. The number of carbonyl (C=O) groups is 1. The predicted octanol–water partition coefficient (Wildman–Crippen LogP) is 3.59. The number of ether oxygens (including phenoxy) is 3. The Bertz CT molecular complexity index is 1010. The average Bonchev–Trinajstić information content (AvgIpc) is 3.34. The van der Waals surface area contributed by atoms with E-state index in [1.165, 1.54) is 19.2 Å². The molecule has 0 radical (unpaired) electrons. The first-order chi connectivity index (χ1) is 13.1. The number of nitrogens with zero attached hydrogens (tertiary/aromatic N) is 2. The van der Waals surface area contributed by atoms with Crippen molar-refractivity contribution < 1.29 is 27.8 Å². The fourth-order valence-corrected chi connectivity index (χ4v) is 3.12. The van der Waals surface area contributed by atoms with Crippen LogP contribution in [0.5, 0.6) is 17.2 Å². The van der Waals surface area contributed by atoms with Gasteiger partial charge in [-0.05, 0) is 36.4 Å². The summed E-state index contributed by atoms with van der Waals surface area (Å²) in [5, 5.41) is 8.14. The number of methoxy groups -OCH3 is 1. The molecule has 1 aromatic heterocycles. The van der Waals surface area contributed by atoms with Gasteiger partial charge in [0.05, 0.1) is 12.9 Å². The number of fused-ring (bicyclic) bond motifs is 1. The van der Waals surface area contributed by atoms with Crippen LogP contribution >= 0.6 is 11.8 Å². The van der Waals surface area contributed by atoms with E-state index < -0.39 is 5.82 Å². The van der Waals surface area contributed by atoms with Gasteiger partial charge < -0.3 is 18.6 Å². The lowest BCUT2D eigenvalue weighted by Crippen LogP contribution is -2.03. The molecule has 7 nitrogen and oxygen atoms in total. The van der Waals surface area contributed by atoms with E-state index in [0.717, 1.165) is 17.8 Å². The lowest BCUT2D eigenvalue weighted by Gasteiger charge is -2.03. The number of carbonyl (C=O) groups excluding carboxylic acids is 1. The Morgan fingerprint density at radius 3 is 2.85 bits per heavy atom. The summed E-state index contributed by atoms with van der Waals surface area (Å²) in [5.41, 5.74) is 0.929. The van der Waals surface area contributed by atoms with E-state index in [-0.39, 0.29) is 34.9 Å². The van der Waals surface area contributed by atoms with Crippen molar-refractivity contribution in [2.45, 2.75) is 5.22 Å². The average molecular weight is 388 g/mol. The van der Waals surface area contributed by atoms with Crippen LogP contribution in [0.3, 0.4) is 0 Å². The number of Topliss-reactive ketones (excluding diaryl/α,β-unsaturated/α-hetero) is 1. The maximum Gasteiger partial charge on any atom is 0.277 e. The number of thioether (sulfide) groups is 1. The highest BCUT2D eigenvalue weighted by atomic mass is 32.2. The molecule has 27 heavy (non-hydrogen) atoms. The first kappa shape index (κ1) is 17.3. The van der Waals surface area contributed by atoms with E-state index in [2.05, 4.69) is 10.2 Å². The second kappa shape index (κ2) is 7.28. The van der Waals surface area contributed by atoms with Gasteiger partial charge in [-0.2, -0.15) is 0 Å². The molecule has 0 amide bonds. The van der Waals surface area contributed by atoms with Gasteiger partial charge in [-0.1, -0.05) is 11.8 Å². The molecule has 1 aliphatic heterocycles. The molecule has 0 N–H and O–H groups in total. The van der Waals surface area contributed by atoms with Crippen LogP contribution < -0.4 is 14.2 Å². The smallest absolute Gasteiger partial charge is 0.277 e. The van der Waals surface area contributed by atoms with Crippen LogP contribution in [-0.2, 0) is 0 Å². The molecule has 0 spiro atoms. The second-order valence-electron chi connectivity index (χ2n) is 5.50. The molecule has 1 aliphatic rings. The van der Waals surface area contributed by atoms with Crippen LogP contribution in [0.4, 0.5) is 4.39 Å². The zero-order valence-corrected chi connectivity index (χ0v) is 14.9. The molecule has 4 rings (SSSR count). The number of ketones is 1. The summed E-state index contributed by atoms with van der Waals surface area (Å²) >= 11 is 1.08. The highest BCUT2D eigenvalue weighted by molar-refractivity contribution is 7.99. The Morgan fingerprint density at radius 1 is 1.19 bits per heavy atom. The Morgan fingerprint density at radius 2 is 2.04 bits per heavy atom. The molecule has 0 fully saturated rings. The maximum atomic E-state index is 13.7. The number of hydrogen-bond acceptors (Lipinski definition) is 8. The molecule has 138 valence electrons. The predicted molar refractivity (Wildman–Crippen MR) is 93.9 cm³/mol. The summed E-state index contributed by atoms with van der Waals surface area (Å²) in [6.07, 6.45) is 0. The van der Waals surface area contributed by atoms with E-state index in [1.54, 1.807) is 18.2 Å². The highest BCUT2D eigenvalue weighted by Crippen LogP contribution is 2.36. The topological polar surface area (TPSA) is 83.7 Å². The number of rotatable bonds is 6. The van der Waals surface area contributed by atoms with Gasteiger partial charge in [0.2, 0.25) is 12.7 Å². The summed E-state index contributed by atoms with van der Waals surface area (Å²) in [4.78, 5) is 12.2. The van der Waals surface area contributed by atoms with Crippen molar-refractivity contribution >= 4 is 17.5 Å². The van der Waals surface area contributed by atoms with Crippen LogP contribution in [0.1, 0.15) is 10.4 Å². The quantitative estimate of drug-likeness (QED) is 0.468. The molecular weight excluding hydrogens is 375 g/mol. The van der Waals surface area contributed by atoms with E-state index in [9.17, 15) is 9.18 Å². The van der Waals surface area contributed by atoms with Crippen molar-refractivity contribution in [2.75, 3.05) is 19.7 Å². The van der Waals surface area contributed by atoms with Gasteiger partial charge in [0, 0.05) is 11.1 Å². The number of halogens is 1. The fourth-order valence-electron chi connectivity index (χ4n) is 2.46. The maximum absolute atomic E-state index is 13.7. The van der Waals surface area contributed by atoms with Gasteiger partial charge in [0.1, 0.15) is 0 Å². The first-order valence-electron chi connectivity index (χ1n) is 7.87. The lowest BCUT2D eigenvalue weighted by molar-refractivity contribution is 0.102. The highest BCUT2D eigenvalue weighted by Gasteiger charge is 2.18. The van der Waals surface area contributed by atoms with Gasteiger partial charge in [-0.25, -0.2) is 4.39 Å². The zero-order valence-electron chi connectivity index (χ0n) is 14.1. The van der Waals surface area contributed by atoms with Crippen LogP contribution in [0.15, 0.2) is 46.0 Å².